The van der Waals surface area contributed by atoms with Gasteiger partial charge in [-0.1, -0.05) is 38.8 Å². The van der Waals surface area contributed by atoms with E-state index in [0.29, 0.717) is 58.2 Å². The molecular formula is C28H44N2O6. The van der Waals surface area contributed by atoms with Crippen molar-refractivity contribution in [2.24, 2.45) is 11.8 Å². The summed E-state index contributed by atoms with van der Waals surface area (Å²) in [6.07, 6.45) is 9.68. The first kappa shape index (κ1) is 28.4. The Hall–Kier alpha value is -2.19. The zero-order chi connectivity index (χ0) is 26.3. The number of carbonyl (C=O) groups is 3. The number of carbonyl (C=O) groups excluding carboxylic acids is 3. The van der Waals surface area contributed by atoms with Crippen LogP contribution < -0.4 is 0 Å². The third-order valence-electron chi connectivity index (χ3n) is 8.23. The number of nitrogens with zero attached hydrogens (tertiary/aromatic N) is 2. The fourth-order valence-electron chi connectivity index (χ4n) is 6.50. The average molecular weight is 505 g/mol. The van der Waals surface area contributed by atoms with Crippen LogP contribution in [-0.4, -0.2) is 82.8 Å². The van der Waals surface area contributed by atoms with Crippen LogP contribution in [0.25, 0.3) is 0 Å². The van der Waals surface area contributed by atoms with Crippen LogP contribution >= 0.6 is 0 Å². The van der Waals surface area contributed by atoms with Gasteiger partial charge in [0, 0.05) is 26.2 Å². The number of amides is 2. The number of esters is 1. The molecule has 0 saturated carbocycles. The van der Waals surface area contributed by atoms with E-state index in [-0.39, 0.29) is 25.0 Å². The third-order valence-corrected chi connectivity index (χ3v) is 8.23. The van der Waals surface area contributed by atoms with Crippen LogP contribution in [0.1, 0.15) is 71.6 Å². The molecule has 202 valence electrons. The molecule has 0 aromatic carbocycles. The van der Waals surface area contributed by atoms with Crippen LogP contribution in [-0.2, 0) is 23.9 Å². The first-order valence-electron chi connectivity index (χ1n) is 13.7. The number of ether oxygens (including phenoxy) is 2. The lowest BCUT2D eigenvalue weighted by atomic mass is 9.65. The molecule has 0 radical (unpaired) electrons. The Bertz CT molecular complexity index is 831. The first-order valence-corrected chi connectivity index (χ1v) is 13.7. The molecule has 3 rings (SSSR count). The van der Waals surface area contributed by atoms with Crippen LogP contribution in [0.15, 0.2) is 25.3 Å². The third kappa shape index (κ3) is 4.99. The van der Waals surface area contributed by atoms with E-state index in [1.165, 1.54) is 0 Å². The lowest BCUT2D eigenvalue weighted by molar-refractivity contribution is -0.161. The van der Waals surface area contributed by atoms with Crippen molar-refractivity contribution < 1.29 is 29.0 Å². The Balaban J connectivity index is 1.99. The minimum Gasteiger partial charge on any atom is -0.465 e. The monoisotopic (exact) mass is 504 g/mol. The molecule has 36 heavy (non-hydrogen) atoms. The topological polar surface area (TPSA) is 96.4 Å². The van der Waals surface area contributed by atoms with Gasteiger partial charge in [-0.15, -0.1) is 13.2 Å². The molecule has 0 aromatic rings. The Morgan fingerprint density at radius 2 is 1.97 bits per heavy atom. The van der Waals surface area contributed by atoms with Gasteiger partial charge in [0.05, 0.1) is 18.1 Å². The van der Waals surface area contributed by atoms with E-state index in [1.807, 2.05) is 6.92 Å². The van der Waals surface area contributed by atoms with Gasteiger partial charge in [-0.2, -0.15) is 0 Å². The summed E-state index contributed by atoms with van der Waals surface area (Å²) >= 11 is 0. The molecule has 8 heteroatoms. The normalized spacial score (nSPS) is 30.4. The summed E-state index contributed by atoms with van der Waals surface area (Å²) in [7, 11) is 0. The lowest BCUT2D eigenvalue weighted by Gasteiger charge is -2.37. The van der Waals surface area contributed by atoms with E-state index in [4.69, 9.17) is 9.47 Å². The molecule has 3 aliphatic rings. The van der Waals surface area contributed by atoms with Gasteiger partial charge in [-0.25, -0.2) is 0 Å². The van der Waals surface area contributed by atoms with E-state index in [9.17, 15) is 19.5 Å². The summed E-state index contributed by atoms with van der Waals surface area (Å²) in [5, 5.41) is 9.33. The van der Waals surface area contributed by atoms with Crippen molar-refractivity contribution in [1.29, 1.82) is 0 Å². The van der Waals surface area contributed by atoms with Crippen molar-refractivity contribution in [1.82, 2.24) is 9.80 Å². The maximum Gasteiger partial charge on any atom is 0.312 e. The Morgan fingerprint density at radius 1 is 1.19 bits per heavy atom. The van der Waals surface area contributed by atoms with Crippen molar-refractivity contribution >= 4 is 17.8 Å². The molecule has 2 bridgehead atoms. The van der Waals surface area contributed by atoms with Gasteiger partial charge in [0.25, 0.3) is 0 Å². The highest BCUT2D eigenvalue weighted by Crippen LogP contribution is 2.64. The number of unbranched alkanes of at least 4 members (excludes halogenated alkanes) is 3. The molecule has 1 spiro atoms. The van der Waals surface area contributed by atoms with Gasteiger partial charge in [0.2, 0.25) is 11.8 Å². The highest BCUT2D eigenvalue weighted by molar-refractivity contribution is 5.98. The fraction of sp³-hybridized carbons (Fsp3) is 0.750. The Kier molecular flexibility index (Phi) is 9.75. The molecule has 3 saturated heterocycles. The van der Waals surface area contributed by atoms with Gasteiger partial charge >= 0.3 is 5.97 Å². The van der Waals surface area contributed by atoms with Gasteiger partial charge in [-0.05, 0) is 44.9 Å². The predicted molar refractivity (Wildman–Crippen MR) is 137 cm³/mol. The minimum absolute atomic E-state index is 0.0164. The molecular weight excluding hydrogens is 460 g/mol. The minimum atomic E-state index is -1.05. The van der Waals surface area contributed by atoms with Crippen molar-refractivity contribution in [2.45, 2.75) is 88.9 Å². The number of aliphatic hydroxyl groups is 1. The smallest absolute Gasteiger partial charge is 0.312 e. The molecule has 3 aliphatic heterocycles. The number of hydrogen-bond donors (Lipinski definition) is 1. The number of rotatable bonds is 16. The zero-order valence-electron chi connectivity index (χ0n) is 22.1. The molecule has 8 nitrogen and oxygen atoms in total. The maximum atomic E-state index is 14.2. The average Bonchev–Trinajstić information content (AvgIpc) is 3.47. The van der Waals surface area contributed by atoms with E-state index < -0.39 is 35.0 Å². The summed E-state index contributed by atoms with van der Waals surface area (Å²) in [6.45, 7) is 13.1. The summed E-state index contributed by atoms with van der Waals surface area (Å²) in [4.78, 5) is 44.9. The molecule has 2 unspecified atom stereocenters. The molecule has 0 aliphatic carbocycles. The quantitative estimate of drug-likeness (QED) is 0.197. The van der Waals surface area contributed by atoms with Crippen LogP contribution in [0.4, 0.5) is 0 Å². The van der Waals surface area contributed by atoms with Crippen LogP contribution in [0, 0.1) is 11.8 Å². The van der Waals surface area contributed by atoms with Crippen molar-refractivity contribution in [3.63, 3.8) is 0 Å². The summed E-state index contributed by atoms with van der Waals surface area (Å²) in [5.74, 6) is -2.25. The number of aliphatic hydroxyl groups excluding tert-OH is 1. The standard InChI is InChI=1S/C28H44N2O6/c1-5-9-11-17-29(16-7-3)25(33)23-28-15-14-27(8-4,36-28)22(26(34)35-20-10-6-2)21(28)24(32)30(23)18-12-13-19-31/h6-7,21-23,31H,2-3,5,8-20H2,1,4H3/t21-,22-,23?,27+,28?/m0/s1. The van der Waals surface area contributed by atoms with Gasteiger partial charge in [0.1, 0.15) is 17.6 Å². The van der Waals surface area contributed by atoms with E-state index in [0.717, 1.165) is 19.3 Å². The zero-order valence-corrected chi connectivity index (χ0v) is 22.1. The molecule has 2 amide bonds. The number of fused-ring (bicyclic) bond motifs is 1. The molecule has 3 heterocycles. The van der Waals surface area contributed by atoms with Gasteiger partial charge in [-0.3, -0.25) is 14.4 Å². The first-order chi connectivity index (χ1) is 17.4. The van der Waals surface area contributed by atoms with Crippen LogP contribution in [0.5, 0.6) is 0 Å². The number of likely N-dealkylation sites (tertiary alicyclic amines) is 1. The van der Waals surface area contributed by atoms with Crippen molar-refractivity contribution in [2.75, 3.05) is 32.8 Å². The van der Waals surface area contributed by atoms with Crippen LogP contribution in [0.3, 0.4) is 0 Å². The lowest BCUT2D eigenvalue weighted by Crippen LogP contribution is -2.56. The molecule has 1 N–H and O–H groups in total. The Morgan fingerprint density at radius 3 is 2.61 bits per heavy atom. The highest BCUT2D eigenvalue weighted by atomic mass is 16.6. The Labute approximate surface area is 215 Å². The maximum absolute atomic E-state index is 14.2. The summed E-state index contributed by atoms with van der Waals surface area (Å²) in [6, 6.07) is -0.797. The van der Waals surface area contributed by atoms with E-state index in [1.54, 1.807) is 22.0 Å². The summed E-state index contributed by atoms with van der Waals surface area (Å²) in [5.41, 5.74) is -1.84. The molecule has 0 aromatic heterocycles. The summed E-state index contributed by atoms with van der Waals surface area (Å²) < 4.78 is 12.3. The SMILES string of the molecule is C=CCCOC(=O)[C@@H]1[C@H]2C(=O)N(CCCCO)C(C(=O)N(CC=C)CCCCC)C23CC[C@@]1(CC)O3. The molecule has 5 atom stereocenters. The second-order valence-electron chi connectivity index (χ2n) is 10.3. The molecule has 3 fully saturated rings. The van der Waals surface area contributed by atoms with Crippen molar-refractivity contribution in [3.8, 4) is 0 Å². The highest BCUT2D eigenvalue weighted by Gasteiger charge is 2.79. The van der Waals surface area contributed by atoms with Gasteiger partial charge < -0.3 is 24.4 Å². The number of hydrogen-bond acceptors (Lipinski definition) is 6. The van der Waals surface area contributed by atoms with E-state index in [2.05, 4.69) is 20.1 Å². The van der Waals surface area contributed by atoms with E-state index >= 15 is 0 Å². The predicted octanol–water partition coefficient (Wildman–Crippen LogP) is 3.24. The van der Waals surface area contributed by atoms with Crippen LogP contribution in [0.2, 0.25) is 0 Å². The largest absolute Gasteiger partial charge is 0.465 e. The van der Waals surface area contributed by atoms with Crippen molar-refractivity contribution in [3.05, 3.63) is 25.3 Å². The second-order valence-corrected chi connectivity index (χ2v) is 10.3. The van der Waals surface area contributed by atoms with Gasteiger partial charge in [0.15, 0.2) is 0 Å². The fourth-order valence-corrected chi connectivity index (χ4v) is 6.50. The second kappa shape index (κ2) is 12.4.